The highest BCUT2D eigenvalue weighted by Gasteiger charge is 2.51. The van der Waals surface area contributed by atoms with E-state index in [0.717, 1.165) is 0 Å². The summed E-state index contributed by atoms with van der Waals surface area (Å²) in [6.45, 7) is 5.32. The highest BCUT2D eigenvalue weighted by Crippen LogP contribution is 2.57. The number of carbonyl (C=O) groups is 3. The lowest BCUT2D eigenvalue weighted by Crippen LogP contribution is -2.52. The van der Waals surface area contributed by atoms with Crippen molar-refractivity contribution in [2.45, 2.75) is 84.2 Å². The summed E-state index contributed by atoms with van der Waals surface area (Å²) in [6.07, 6.45) is 2.71. The number of aliphatic imine (C=N–C) groups is 1. The number of esters is 3. The molecule has 6 atom stereocenters. The van der Waals surface area contributed by atoms with Crippen molar-refractivity contribution in [2.75, 3.05) is 6.61 Å². The minimum atomic E-state index is -1.05. The number of fused-ring (bicyclic) bond motifs is 1. The van der Waals surface area contributed by atoms with Crippen LogP contribution in [0.5, 0.6) is 0 Å². The second kappa shape index (κ2) is 9.76. The highest BCUT2D eigenvalue weighted by molar-refractivity contribution is 5.77. The topological polar surface area (TPSA) is 110 Å². The van der Waals surface area contributed by atoms with Crippen molar-refractivity contribution in [1.29, 1.82) is 0 Å². The Bertz CT molecular complexity index is 680. The number of nitrogens with zero attached hydrogens (tertiary/aromatic N) is 1. The molecule has 168 valence electrons. The van der Waals surface area contributed by atoms with E-state index in [0.29, 0.717) is 30.1 Å². The van der Waals surface area contributed by atoms with Crippen molar-refractivity contribution in [2.24, 2.45) is 22.7 Å². The van der Waals surface area contributed by atoms with Crippen LogP contribution >= 0.6 is 0 Å². The fourth-order valence-corrected chi connectivity index (χ4v) is 4.73. The maximum absolute atomic E-state index is 11.7. The first-order valence-electron chi connectivity index (χ1n) is 10.6. The Hall–Kier alpha value is -2.16. The Morgan fingerprint density at radius 2 is 1.57 bits per heavy atom. The molecule has 0 bridgehead atoms. The van der Waals surface area contributed by atoms with Crippen LogP contribution in [-0.2, 0) is 38.4 Å². The average Bonchev–Trinajstić information content (AvgIpc) is 3.36. The lowest BCUT2D eigenvalue weighted by Gasteiger charge is -2.34. The smallest absolute Gasteiger partial charge is 0.303 e. The minimum absolute atomic E-state index is 0.222. The molecule has 1 heterocycles. The predicted molar refractivity (Wildman–Crippen MR) is 104 cm³/mol. The van der Waals surface area contributed by atoms with Crippen molar-refractivity contribution in [1.82, 2.24) is 0 Å². The van der Waals surface area contributed by atoms with Crippen LogP contribution in [0, 0.1) is 17.8 Å². The van der Waals surface area contributed by atoms with Gasteiger partial charge in [0.25, 0.3) is 0 Å². The van der Waals surface area contributed by atoms with Crippen molar-refractivity contribution < 1.29 is 38.4 Å². The molecule has 0 radical (unpaired) electrons. The van der Waals surface area contributed by atoms with Gasteiger partial charge in [0.2, 0.25) is 5.90 Å². The molecule has 9 nitrogen and oxygen atoms in total. The lowest BCUT2D eigenvalue weighted by molar-refractivity contribution is -0.301. The summed E-state index contributed by atoms with van der Waals surface area (Å²) in [6, 6.07) is -0.544. The maximum Gasteiger partial charge on any atom is 0.303 e. The molecule has 3 rings (SSSR count). The van der Waals surface area contributed by atoms with Crippen LogP contribution in [0.25, 0.3) is 0 Å². The van der Waals surface area contributed by atoms with E-state index < -0.39 is 42.3 Å². The molecule has 0 aromatic heterocycles. The van der Waals surface area contributed by atoms with Crippen LogP contribution in [0.1, 0.15) is 59.8 Å². The molecule has 3 aliphatic rings. The van der Waals surface area contributed by atoms with Gasteiger partial charge < -0.3 is 19.1 Å². The molecule has 2 saturated carbocycles. The van der Waals surface area contributed by atoms with Gasteiger partial charge in [-0.15, -0.1) is 0 Å². The van der Waals surface area contributed by atoms with Crippen LogP contribution in [0.4, 0.5) is 0 Å². The first kappa shape index (κ1) is 22.5. The van der Waals surface area contributed by atoms with Crippen LogP contribution in [-0.4, -0.2) is 54.8 Å². The Morgan fingerprint density at radius 3 is 2.13 bits per heavy atom. The summed E-state index contributed by atoms with van der Waals surface area (Å²) in [7, 11) is 0. The van der Waals surface area contributed by atoms with Gasteiger partial charge in [-0.05, 0) is 37.5 Å². The van der Waals surface area contributed by atoms with E-state index in [4.69, 9.17) is 24.0 Å². The van der Waals surface area contributed by atoms with Crippen LogP contribution < -0.4 is 0 Å². The fourth-order valence-electron chi connectivity index (χ4n) is 4.73. The summed E-state index contributed by atoms with van der Waals surface area (Å²) < 4.78 is 15.9. The van der Waals surface area contributed by atoms with E-state index in [2.05, 4.69) is 4.99 Å². The zero-order chi connectivity index (χ0) is 21.8. The third kappa shape index (κ3) is 5.71. The quantitative estimate of drug-likeness (QED) is 0.362. The SMILES string of the molecule is CC(=O)OCC1OO/C(CC2C3CCCCC32)=N\[C@H](C)C(OC(C)=O)[C@H]1OC(C)=O. The Balaban J connectivity index is 1.80. The number of hydrogen-bond donors (Lipinski definition) is 0. The van der Waals surface area contributed by atoms with Crippen molar-refractivity contribution in [3.05, 3.63) is 0 Å². The number of ether oxygens (including phenoxy) is 3. The van der Waals surface area contributed by atoms with Gasteiger partial charge in [-0.25, -0.2) is 4.99 Å². The summed E-state index contributed by atoms with van der Waals surface area (Å²) >= 11 is 0. The molecule has 0 amide bonds. The molecule has 30 heavy (non-hydrogen) atoms. The zero-order valence-corrected chi connectivity index (χ0v) is 18.0. The van der Waals surface area contributed by atoms with E-state index in [1.54, 1.807) is 6.92 Å². The molecule has 4 unspecified atom stereocenters. The Labute approximate surface area is 176 Å². The van der Waals surface area contributed by atoms with Gasteiger partial charge in [0.05, 0.1) is 6.04 Å². The first-order chi connectivity index (χ1) is 14.3. The molecule has 2 fully saturated rings. The third-order valence-electron chi connectivity index (χ3n) is 6.08. The summed E-state index contributed by atoms with van der Waals surface area (Å²) in [5, 5.41) is 0. The van der Waals surface area contributed by atoms with Crippen LogP contribution in [0.15, 0.2) is 4.99 Å². The predicted octanol–water partition coefficient (Wildman–Crippen LogP) is 2.36. The summed E-state index contributed by atoms with van der Waals surface area (Å²) in [5.41, 5.74) is 0. The van der Waals surface area contributed by atoms with E-state index in [1.165, 1.54) is 46.5 Å². The largest absolute Gasteiger partial charge is 0.463 e. The molecule has 0 N–H and O–H groups in total. The van der Waals surface area contributed by atoms with Gasteiger partial charge in [-0.1, -0.05) is 12.8 Å². The van der Waals surface area contributed by atoms with Gasteiger partial charge in [0.1, 0.15) is 6.61 Å². The molecule has 0 spiro atoms. The van der Waals surface area contributed by atoms with Gasteiger partial charge in [0.15, 0.2) is 18.3 Å². The Kier molecular flexibility index (Phi) is 7.33. The molecular formula is C21H31NO8. The Morgan fingerprint density at radius 1 is 0.967 bits per heavy atom. The molecule has 0 aromatic rings. The van der Waals surface area contributed by atoms with Gasteiger partial charge in [-0.3, -0.25) is 14.4 Å². The molecule has 0 saturated heterocycles. The molecule has 0 aromatic carbocycles. The van der Waals surface area contributed by atoms with Gasteiger partial charge >= 0.3 is 17.9 Å². The normalized spacial score (nSPS) is 37.2. The first-order valence-corrected chi connectivity index (χ1v) is 10.6. The highest BCUT2D eigenvalue weighted by atomic mass is 17.2. The second-order valence-corrected chi connectivity index (χ2v) is 8.41. The number of carbonyl (C=O) groups excluding carboxylic acids is 3. The van der Waals surface area contributed by atoms with Crippen LogP contribution in [0.2, 0.25) is 0 Å². The number of hydrogen-bond acceptors (Lipinski definition) is 9. The summed E-state index contributed by atoms with van der Waals surface area (Å²) in [4.78, 5) is 50.4. The fraction of sp³-hybridized carbons (Fsp3) is 0.810. The van der Waals surface area contributed by atoms with E-state index in [1.807, 2.05) is 0 Å². The van der Waals surface area contributed by atoms with Crippen molar-refractivity contribution in [3.63, 3.8) is 0 Å². The summed E-state index contributed by atoms with van der Waals surface area (Å²) in [5.74, 6) is 0.712. The van der Waals surface area contributed by atoms with E-state index >= 15 is 0 Å². The monoisotopic (exact) mass is 425 g/mol. The van der Waals surface area contributed by atoms with Crippen molar-refractivity contribution in [3.8, 4) is 0 Å². The number of rotatable bonds is 6. The average molecular weight is 425 g/mol. The lowest BCUT2D eigenvalue weighted by atomic mass is 10.0. The molecular weight excluding hydrogens is 394 g/mol. The van der Waals surface area contributed by atoms with Crippen LogP contribution in [0.3, 0.4) is 0 Å². The minimum Gasteiger partial charge on any atom is -0.463 e. The molecule has 1 aliphatic heterocycles. The third-order valence-corrected chi connectivity index (χ3v) is 6.08. The van der Waals surface area contributed by atoms with Gasteiger partial charge in [0, 0.05) is 27.2 Å². The second-order valence-electron chi connectivity index (χ2n) is 8.41. The van der Waals surface area contributed by atoms with E-state index in [9.17, 15) is 14.4 Å². The van der Waals surface area contributed by atoms with Crippen molar-refractivity contribution >= 4 is 23.8 Å². The molecule has 9 heteroatoms. The van der Waals surface area contributed by atoms with Gasteiger partial charge in [-0.2, -0.15) is 4.89 Å². The van der Waals surface area contributed by atoms with E-state index in [-0.39, 0.29) is 6.61 Å². The standard InChI is InChI=1S/C21H31NO8/c1-11-20(27-13(3)24)21(28-14(4)25)18(10-26-12(2)23)29-30-19(22-11)9-17-15-7-5-6-8-16(15)17/h11,15-18,20-21H,5-10H2,1-4H3/b22-19-/t11-,15?,16?,17?,18?,20?,21+/m1/s1. The molecule has 2 aliphatic carbocycles. The maximum atomic E-state index is 11.7. The zero-order valence-electron chi connectivity index (χ0n) is 18.0.